The lowest BCUT2D eigenvalue weighted by atomic mass is 9.92. The largest absolute Gasteiger partial charge is 0.494 e. The number of aliphatic carboxylic acids is 1. The maximum absolute atomic E-state index is 13.2. The van der Waals surface area contributed by atoms with Crippen LogP contribution in [-0.4, -0.2) is 45.4 Å². The lowest BCUT2D eigenvalue weighted by molar-refractivity contribution is -0.141. The second-order valence-corrected chi connectivity index (χ2v) is 12.5. The van der Waals surface area contributed by atoms with Gasteiger partial charge in [0.15, 0.2) is 11.6 Å². The van der Waals surface area contributed by atoms with E-state index in [1.165, 1.54) is 18.3 Å². The number of ether oxygens (including phenoxy) is 1. The summed E-state index contributed by atoms with van der Waals surface area (Å²) in [5.41, 5.74) is 3.44. The predicted octanol–water partition coefficient (Wildman–Crippen LogP) is 6.59. The van der Waals surface area contributed by atoms with E-state index in [0.717, 1.165) is 32.9 Å². The molecule has 2 aromatic heterocycles. The first-order valence-corrected chi connectivity index (χ1v) is 15.1. The normalized spacial score (nSPS) is 12.8. The molecular weight excluding hydrogens is 562 g/mol. The molecule has 0 aliphatic carbocycles. The molecule has 0 fully saturated rings. The van der Waals surface area contributed by atoms with Gasteiger partial charge in [-0.2, -0.15) is 0 Å². The maximum Gasteiger partial charge on any atom is 0.325 e. The Morgan fingerprint density at radius 3 is 2.09 bits per heavy atom. The van der Waals surface area contributed by atoms with Crippen molar-refractivity contribution in [3.63, 3.8) is 0 Å². The molecule has 2 heterocycles. The van der Waals surface area contributed by atoms with E-state index >= 15 is 0 Å². The van der Waals surface area contributed by atoms with Crippen molar-refractivity contribution < 1.29 is 24.2 Å². The van der Waals surface area contributed by atoms with Gasteiger partial charge in [-0.3, -0.25) is 14.4 Å². The topological polar surface area (TPSA) is 118 Å². The molecule has 8 nitrogen and oxygen atoms in total. The monoisotopic (exact) mass is 599 g/mol. The molecule has 2 atom stereocenters. The first-order chi connectivity index (χ1) is 20.4. The number of Topliss-reactive ketones (excluding diaryl/α,β-unsaturated/α-hetero) is 1. The van der Waals surface area contributed by atoms with E-state index in [4.69, 9.17) is 4.74 Å². The number of rotatable bonds is 12. The number of carbonyl (C=O) groups is 3. The number of aromatic nitrogens is 2. The first-order valence-electron chi connectivity index (χ1n) is 14.3. The average Bonchev–Trinajstić information content (AvgIpc) is 3.50. The Kier molecular flexibility index (Phi) is 10.1. The van der Waals surface area contributed by atoms with Crippen LogP contribution in [0.2, 0.25) is 0 Å². The van der Waals surface area contributed by atoms with E-state index in [9.17, 15) is 19.5 Å². The fourth-order valence-corrected chi connectivity index (χ4v) is 5.49. The number of nitrogens with zero attached hydrogens (tertiary/aromatic N) is 2. The minimum atomic E-state index is -1.13. The number of nitrogens with one attached hydrogen (secondary N) is 1. The molecule has 4 rings (SSSR count). The molecule has 224 valence electrons. The number of hydrogen-bond donors (Lipinski definition) is 2. The summed E-state index contributed by atoms with van der Waals surface area (Å²) in [7, 11) is 0. The number of thiophene rings is 1. The van der Waals surface area contributed by atoms with Gasteiger partial charge in [0.2, 0.25) is 5.91 Å². The third-order valence-electron chi connectivity index (χ3n) is 7.00. The van der Waals surface area contributed by atoms with Crippen molar-refractivity contribution in [1.29, 1.82) is 0 Å². The fourth-order valence-electron chi connectivity index (χ4n) is 4.48. The Morgan fingerprint density at radius 2 is 1.53 bits per heavy atom. The Bertz CT molecular complexity index is 1560. The van der Waals surface area contributed by atoms with Crippen molar-refractivity contribution in [1.82, 2.24) is 15.3 Å². The van der Waals surface area contributed by atoms with Crippen molar-refractivity contribution in [2.24, 2.45) is 5.92 Å². The van der Waals surface area contributed by atoms with Crippen LogP contribution in [0.5, 0.6) is 5.75 Å². The summed E-state index contributed by atoms with van der Waals surface area (Å²) in [4.78, 5) is 48.5. The molecule has 0 aliphatic rings. The average molecular weight is 600 g/mol. The van der Waals surface area contributed by atoms with Crippen LogP contribution in [0.3, 0.4) is 0 Å². The zero-order valence-corrected chi connectivity index (χ0v) is 25.9. The van der Waals surface area contributed by atoms with Gasteiger partial charge in [-0.25, -0.2) is 9.97 Å². The van der Waals surface area contributed by atoms with Crippen LogP contribution in [0.15, 0.2) is 73.1 Å². The highest BCUT2D eigenvalue weighted by atomic mass is 32.1. The molecule has 0 saturated heterocycles. The van der Waals surface area contributed by atoms with Crippen LogP contribution >= 0.6 is 11.3 Å². The number of carboxylic acid groups (broad SMARTS) is 1. The SMILES string of the molecule is CCOc1ccc(-c2cnc(-c3ccc(C[C@H](CC(=O)c4ccc(C(C)(C)C)s4)C(=O)N[C@H](C)C(=O)O)cc3)nc2)cc1. The van der Waals surface area contributed by atoms with Crippen LogP contribution in [-0.2, 0) is 21.4 Å². The molecule has 9 heteroatoms. The van der Waals surface area contributed by atoms with Gasteiger partial charge in [-0.15, -0.1) is 11.3 Å². The molecular formula is C34H37N3O5S. The van der Waals surface area contributed by atoms with E-state index in [2.05, 4.69) is 36.1 Å². The highest BCUT2D eigenvalue weighted by Crippen LogP contribution is 2.31. The molecule has 4 aromatic rings. The fraction of sp³-hybridized carbons (Fsp3) is 0.324. The van der Waals surface area contributed by atoms with Crippen LogP contribution in [0.4, 0.5) is 0 Å². The van der Waals surface area contributed by atoms with Crippen molar-refractivity contribution in [2.45, 2.75) is 58.9 Å². The minimum absolute atomic E-state index is 0.0276. The molecule has 2 aromatic carbocycles. The number of carbonyl (C=O) groups excluding carboxylic acids is 2. The molecule has 0 unspecified atom stereocenters. The third-order valence-corrected chi connectivity index (χ3v) is 8.55. The van der Waals surface area contributed by atoms with E-state index in [1.54, 1.807) is 18.5 Å². The van der Waals surface area contributed by atoms with Gasteiger partial charge in [-0.05, 0) is 61.1 Å². The molecule has 0 saturated carbocycles. The molecule has 2 N–H and O–H groups in total. The maximum atomic E-state index is 13.2. The number of ketones is 1. The number of hydrogen-bond acceptors (Lipinski definition) is 7. The molecule has 0 bridgehead atoms. The van der Waals surface area contributed by atoms with Crippen molar-refractivity contribution >= 4 is 29.0 Å². The smallest absolute Gasteiger partial charge is 0.325 e. The summed E-state index contributed by atoms with van der Waals surface area (Å²) < 4.78 is 5.50. The standard InChI is InChI=1S/C34H37N3O5S/c1-6-42-27-13-11-23(12-14-27)26-19-35-31(36-20-26)24-9-7-22(8-10-24)17-25(32(39)37-21(2)33(40)41)18-28(38)29-15-16-30(43-29)34(3,4)5/h7-16,19-21,25H,6,17-18H2,1-5H3,(H,37,39)(H,40,41)/t21-,25-/m1/s1. The predicted molar refractivity (Wildman–Crippen MR) is 168 cm³/mol. The van der Waals surface area contributed by atoms with Crippen LogP contribution in [0, 0.1) is 5.92 Å². The molecule has 43 heavy (non-hydrogen) atoms. The Hall–Kier alpha value is -4.37. The molecule has 0 radical (unpaired) electrons. The van der Waals surface area contributed by atoms with Crippen LogP contribution in [0.25, 0.3) is 22.5 Å². The van der Waals surface area contributed by atoms with E-state index in [0.29, 0.717) is 17.3 Å². The van der Waals surface area contributed by atoms with E-state index < -0.39 is 23.8 Å². The van der Waals surface area contributed by atoms with Gasteiger partial charge in [0, 0.05) is 40.7 Å². The summed E-state index contributed by atoms with van der Waals surface area (Å²) in [6.45, 7) is 10.2. The Morgan fingerprint density at radius 1 is 0.907 bits per heavy atom. The minimum Gasteiger partial charge on any atom is -0.494 e. The zero-order valence-electron chi connectivity index (χ0n) is 25.1. The van der Waals surface area contributed by atoms with Crippen molar-refractivity contribution in [2.75, 3.05) is 6.61 Å². The summed E-state index contributed by atoms with van der Waals surface area (Å²) in [5, 5.41) is 11.8. The molecule has 0 aliphatic heterocycles. The summed E-state index contributed by atoms with van der Waals surface area (Å²) in [6, 6.07) is 18.0. The van der Waals surface area contributed by atoms with Crippen LogP contribution < -0.4 is 10.1 Å². The van der Waals surface area contributed by atoms with Gasteiger partial charge < -0.3 is 15.2 Å². The van der Waals surface area contributed by atoms with E-state index in [-0.39, 0.29) is 24.0 Å². The lowest BCUT2D eigenvalue weighted by Gasteiger charge is -2.18. The molecule has 1 amide bonds. The van der Waals surface area contributed by atoms with Crippen molar-refractivity contribution in [3.05, 3.63) is 88.4 Å². The van der Waals surface area contributed by atoms with E-state index in [1.807, 2.05) is 61.5 Å². The number of benzene rings is 2. The van der Waals surface area contributed by atoms with Crippen molar-refractivity contribution in [3.8, 4) is 28.3 Å². The lowest BCUT2D eigenvalue weighted by Crippen LogP contribution is -2.42. The number of amides is 1. The second-order valence-electron chi connectivity index (χ2n) is 11.5. The first kappa shape index (κ1) is 31.6. The highest BCUT2D eigenvalue weighted by molar-refractivity contribution is 7.14. The van der Waals surface area contributed by atoms with Gasteiger partial charge in [0.25, 0.3) is 0 Å². The van der Waals surface area contributed by atoms with Gasteiger partial charge >= 0.3 is 5.97 Å². The highest BCUT2D eigenvalue weighted by Gasteiger charge is 2.27. The van der Waals surface area contributed by atoms with Gasteiger partial charge in [0.05, 0.1) is 11.5 Å². The quantitative estimate of drug-likeness (QED) is 0.176. The third kappa shape index (κ3) is 8.35. The summed E-state index contributed by atoms with van der Waals surface area (Å²) >= 11 is 1.43. The summed E-state index contributed by atoms with van der Waals surface area (Å²) in [5.74, 6) is -1.09. The zero-order chi connectivity index (χ0) is 31.1. The Labute approximate surface area is 256 Å². The van der Waals surface area contributed by atoms with Gasteiger partial charge in [-0.1, -0.05) is 57.2 Å². The Balaban J connectivity index is 1.48. The second kappa shape index (κ2) is 13.7. The van der Waals surface area contributed by atoms with Crippen LogP contribution in [0.1, 0.15) is 61.2 Å². The van der Waals surface area contributed by atoms with Gasteiger partial charge in [0.1, 0.15) is 11.8 Å². The number of carboxylic acids is 1. The summed E-state index contributed by atoms with van der Waals surface area (Å²) in [6.07, 6.45) is 3.80. The molecule has 0 spiro atoms.